The molecule has 1 unspecified atom stereocenters. The van der Waals surface area contributed by atoms with Gasteiger partial charge in [0.05, 0.1) is 6.42 Å². The minimum atomic E-state index is 0.00968. The Kier molecular flexibility index (Phi) is 5.23. The molecule has 3 N–H and O–H groups in total. The van der Waals surface area contributed by atoms with Crippen molar-refractivity contribution in [1.29, 1.82) is 0 Å². The highest BCUT2D eigenvalue weighted by molar-refractivity contribution is 6.31. The number of nitrogens with one attached hydrogen (secondary N) is 1. The third kappa shape index (κ3) is 3.95. The molecule has 1 aromatic rings. The lowest BCUT2D eigenvalue weighted by Crippen LogP contribution is -2.45. The normalized spacial score (nSPS) is 17.4. The molecule has 1 saturated carbocycles. The summed E-state index contributed by atoms with van der Waals surface area (Å²) in [6.45, 7) is 0.513. The fourth-order valence-electron chi connectivity index (χ4n) is 2.80. The van der Waals surface area contributed by atoms with Gasteiger partial charge >= 0.3 is 0 Å². The molecule has 0 aromatic heterocycles. The molecule has 0 heterocycles. The minimum Gasteiger partial charge on any atom is -0.352 e. The molecule has 0 saturated heterocycles. The molecule has 1 amide bonds. The number of hydrogen-bond donors (Lipinski definition) is 2. The van der Waals surface area contributed by atoms with E-state index in [0.717, 1.165) is 5.56 Å². The van der Waals surface area contributed by atoms with Crippen LogP contribution in [0, 0.1) is 5.92 Å². The average Bonchev–Trinajstić information content (AvgIpc) is 2.92. The van der Waals surface area contributed by atoms with Gasteiger partial charge in [-0.1, -0.05) is 42.6 Å². The molecule has 1 aliphatic rings. The first-order valence-electron chi connectivity index (χ1n) is 6.93. The van der Waals surface area contributed by atoms with E-state index in [2.05, 4.69) is 5.32 Å². The highest BCUT2D eigenvalue weighted by Gasteiger charge is 2.25. The summed E-state index contributed by atoms with van der Waals surface area (Å²) in [4.78, 5) is 12.1. The number of carbonyl (C=O) groups is 1. The number of rotatable bonds is 5. The monoisotopic (exact) mass is 280 g/mol. The molecule has 19 heavy (non-hydrogen) atoms. The lowest BCUT2D eigenvalue weighted by molar-refractivity contribution is -0.121. The Morgan fingerprint density at radius 3 is 2.68 bits per heavy atom. The SMILES string of the molecule is NCC(NC(=O)Cc1ccccc1Cl)C1CCCC1. The molecular formula is C15H21ClN2O. The molecule has 3 nitrogen and oxygen atoms in total. The number of nitrogens with two attached hydrogens (primary N) is 1. The van der Waals surface area contributed by atoms with Crippen LogP contribution < -0.4 is 11.1 Å². The zero-order valence-electron chi connectivity index (χ0n) is 11.1. The Labute approximate surface area is 119 Å². The van der Waals surface area contributed by atoms with Gasteiger partial charge < -0.3 is 11.1 Å². The molecule has 1 atom stereocenters. The van der Waals surface area contributed by atoms with Crippen LogP contribution in [-0.2, 0) is 11.2 Å². The first-order valence-corrected chi connectivity index (χ1v) is 7.31. The number of halogens is 1. The molecule has 1 fully saturated rings. The Balaban J connectivity index is 1.91. The second-order valence-electron chi connectivity index (χ2n) is 5.22. The Morgan fingerprint density at radius 1 is 1.37 bits per heavy atom. The van der Waals surface area contributed by atoms with E-state index in [4.69, 9.17) is 17.3 Å². The largest absolute Gasteiger partial charge is 0.352 e. The van der Waals surface area contributed by atoms with E-state index in [-0.39, 0.29) is 11.9 Å². The predicted octanol–water partition coefficient (Wildman–Crippen LogP) is 2.52. The summed E-state index contributed by atoms with van der Waals surface area (Å²) in [5, 5.41) is 3.70. The Morgan fingerprint density at radius 2 is 2.05 bits per heavy atom. The van der Waals surface area contributed by atoms with Gasteiger partial charge in [-0.25, -0.2) is 0 Å². The van der Waals surface area contributed by atoms with E-state index in [1.165, 1.54) is 25.7 Å². The molecular weight excluding hydrogens is 260 g/mol. The van der Waals surface area contributed by atoms with Crippen molar-refractivity contribution < 1.29 is 4.79 Å². The quantitative estimate of drug-likeness (QED) is 0.871. The van der Waals surface area contributed by atoms with Gasteiger partial charge in [-0.15, -0.1) is 0 Å². The highest BCUT2D eigenvalue weighted by Crippen LogP contribution is 2.27. The Hall–Kier alpha value is -1.06. The molecule has 0 aliphatic heterocycles. The lowest BCUT2D eigenvalue weighted by atomic mass is 9.98. The Bertz CT molecular complexity index is 430. The fraction of sp³-hybridized carbons (Fsp3) is 0.533. The van der Waals surface area contributed by atoms with E-state index in [1.807, 2.05) is 24.3 Å². The summed E-state index contributed by atoms with van der Waals surface area (Å²) in [5.41, 5.74) is 6.65. The maximum atomic E-state index is 12.1. The van der Waals surface area contributed by atoms with Gasteiger partial charge in [0.25, 0.3) is 0 Å². The van der Waals surface area contributed by atoms with Gasteiger partial charge in [-0.05, 0) is 30.4 Å². The van der Waals surface area contributed by atoms with Crippen molar-refractivity contribution in [2.75, 3.05) is 6.54 Å². The third-order valence-corrected chi connectivity index (χ3v) is 4.25. The van der Waals surface area contributed by atoms with Crippen LogP contribution in [0.1, 0.15) is 31.2 Å². The van der Waals surface area contributed by atoms with E-state index in [1.54, 1.807) is 0 Å². The van der Waals surface area contributed by atoms with Gasteiger partial charge in [0.15, 0.2) is 0 Å². The van der Waals surface area contributed by atoms with Gasteiger partial charge in [-0.2, -0.15) is 0 Å². The maximum Gasteiger partial charge on any atom is 0.224 e. The van der Waals surface area contributed by atoms with E-state index >= 15 is 0 Å². The standard InChI is InChI=1S/C15H21ClN2O/c16-13-8-4-3-7-12(13)9-15(19)18-14(10-17)11-5-1-2-6-11/h3-4,7-8,11,14H,1-2,5-6,9-10,17H2,(H,18,19). The smallest absolute Gasteiger partial charge is 0.224 e. The van der Waals surface area contributed by atoms with Crippen molar-refractivity contribution in [3.05, 3.63) is 34.9 Å². The second-order valence-corrected chi connectivity index (χ2v) is 5.63. The van der Waals surface area contributed by atoms with Crippen LogP contribution in [0.15, 0.2) is 24.3 Å². The van der Waals surface area contributed by atoms with Crippen LogP contribution in [0.2, 0.25) is 5.02 Å². The van der Waals surface area contributed by atoms with Crippen molar-refractivity contribution in [3.8, 4) is 0 Å². The van der Waals surface area contributed by atoms with Crippen LogP contribution >= 0.6 is 11.6 Å². The predicted molar refractivity (Wildman–Crippen MR) is 78.1 cm³/mol. The number of hydrogen-bond acceptors (Lipinski definition) is 2. The van der Waals surface area contributed by atoms with Crippen LogP contribution in [0.5, 0.6) is 0 Å². The zero-order valence-corrected chi connectivity index (χ0v) is 11.8. The summed E-state index contributed by atoms with van der Waals surface area (Å²) in [6, 6.07) is 7.56. The molecule has 1 aliphatic carbocycles. The first-order chi connectivity index (χ1) is 9.20. The summed E-state index contributed by atoms with van der Waals surface area (Å²) >= 11 is 6.06. The average molecular weight is 281 g/mol. The van der Waals surface area contributed by atoms with Crippen LogP contribution in [0.4, 0.5) is 0 Å². The summed E-state index contributed by atoms with van der Waals surface area (Å²) in [5.74, 6) is 0.552. The molecule has 0 radical (unpaired) electrons. The van der Waals surface area contributed by atoms with Crippen LogP contribution in [0.25, 0.3) is 0 Å². The molecule has 4 heteroatoms. The van der Waals surface area contributed by atoms with E-state index in [0.29, 0.717) is 23.9 Å². The molecule has 0 bridgehead atoms. The van der Waals surface area contributed by atoms with Gasteiger partial charge in [-0.3, -0.25) is 4.79 Å². The van der Waals surface area contributed by atoms with Crippen molar-refractivity contribution in [2.24, 2.45) is 11.7 Å². The zero-order chi connectivity index (χ0) is 13.7. The summed E-state index contributed by atoms with van der Waals surface area (Å²) in [7, 11) is 0. The molecule has 1 aromatic carbocycles. The lowest BCUT2D eigenvalue weighted by Gasteiger charge is -2.23. The van der Waals surface area contributed by atoms with Crippen molar-refractivity contribution in [1.82, 2.24) is 5.32 Å². The van der Waals surface area contributed by atoms with Crippen LogP contribution in [0.3, 0.4) is 0 Å². The van der Waals surface area contributed by atoms with Gasteiger partial charge in [0.2, 0.25) is 5.91 Å². The maximum absolute atomic E-state index is 12.1. The van der Waals surface area contributed by atoms with Crippen molar-refractivity contribution in [3.63, 3.8) is 0 Å². The topological polar surface area (TPSA) is 55.1 Å². The molecule has 2 rings (SSSR count). The summed E-state index contributed by atoms with van der Waals surface area (Å²) < 4.78 is 0. The second kappa shape index (κ2) is 6.92. The van der Waals surface area contributed by atoms with Gasteiger partial charge in [0, 0.05) is 17.6 Å². The third-order valence-electron chi connectivity index (χ3n) is 3.88. The number of amides is 1. The van der Waals surface area contributed by atoms with Crippen molar-refractivity contribution >= 4 is 17.5 Å². The van der Waals surface area contributed by atoms with E-state index in [9.17, 15) is 4.79 Å². The molecule has 0 spiro atoms. The minimum absolute atomic E-state index is 0.00968. The highest BCUT2D eigenvalue weighted by atomic mass is 35.5. The van der Waals surface area contributed by atoms with E-state index < -0.39 is 0 Å². The number of carbonyl (C=O) groups excluding carboxylic acids is 1. The summed E-state index contributed by atoms with van der Waals surface area (Å²) in [6.07, 6.45) is 5.18. The fourth-order valence-corrected chi connectivity index (χ4v) is 3.00. The van der Waals surface area contributed by atoms with Gasteiger partial charge in [0.1, 0.15) is 0 Å². The number of benzene rings is 1. The van der Waals surface area contributed by atoms with Crippen LogP contribution in [-0.4, -0.2) is 18.5 Å². The first kappa shape index (κ1) is 14.4. The molecule has 104 valence electrons. The van der Waals surface area contributed by atoms with Crippen molar-refractivity contribution in [2.45, 2.75) is 38.1 Å².